The maximum Gasteiger partial charge on any atom is 0.328 e. The fourth-order valence-electron chi connectivity index (χ4n) is 1.82. The smallest absolute Gasteiger partial charge is 0.328 e. The van der Waals surface area contributed by atoms with Crippen LogP contribution in [0.1, 0.15) is 5.56 Å². The molecular formula is C13H11BrO5. The van der Waals surface area contributed by atoms with Crippen molar-refractivity contribution < 1.29 is 23.8 Å². The van der Waals surface area contributed by atoms with Gasteiger partial charge in [0.1, 0.15) is 0 Å². The quantitative estimate of drug-likeness (QED) is 0.873. The Bertz CT molecular complexity index is 657. The zero-order valence-corrected chi connectivity index (χ0v) is 11.9. The molecule has 2 rings (SSSR count). The molecule has 0 amide bonds. The molecule has 0 saturated heterocycles. The third-order valence-electron chi connectivity index (χ3n) is 2.60. The molecule has 0 spiro atoms. The van der Waals surface area contributed by atoms with Crippen LogP contribution in [-0.4, -0.2) is 25.3 Å². The molecule has 0 saturated carbocycles. The van der Waals surface area contributed by atoms with Gasteiger partial charge < -0.3 is 19.0 Å². The molecule has 19 heavy (non-hydrogen) atoms. The van der Waals surface area contributed by atoms with E-state index in [0.29, 0.717) is 27.1 Å². The van der Waals surface area contributed by atoms with Crippen molar-refractivity contribution in [2.75, 3.05) is 14.2 Å². The molecule has 100 valence electrons. The van der Waals surface area contributed by atoms with Crippen LogP contribution in [0.3, 0.4) is 0 Å². The van der Waals surface area contributed by atoms with Gasteiger partial charge in [-0.15, -0.1) is 0 Å². The maximum atomic E-state index is 10.7. The molecule has 0 radical (unpaired) electrons. The molecular weight excluding hydrogens is 316 g/mol. The Kier molecular flexibility index (Phi) is 3.80. The van der Waals surface area contributed by atoms with Crippen molar-refractivity contribution in [3.05, 3.63) is 28.4 Å². The van der Waals surface area contributed by atoms with E-state index in [4.69, 9.17) is 19.0 Å². The molecule has 0 aliphatic heterocycles. The van der Waals surface area contributed by atoms with Gasteiger partial charge in [0.05, 0.1) is 20.5 Å². The van der Waals surface area contributed by atoms with Crippen LogP contribution in [0.15, 0.2) is 27.3 Å². The van der Waals surface area contributed by atoms with Crippen molar-refractivity contribution in [1.29, 1.82) is 0 Å². The van der Waals surface area contributed by atoms with Crippen LogP contribution in [0.5, 0.6) is 11.5 Å². The normalized spacial score (nSPS) is 11.1. The average molecular weight is 327 g/mol. The van der Waals surface area contributed by atoms with Crippen LogP contribution >= 0.6 is 15.9 Å². The summed E-state index contributed by atoms with van der Waals surface area (Å²) in [5.41, 5.74) is 1.12. The first kappa shape index (κ1) is 13.5. The molecule has 0 aliphatic rings. The monoisotopic (exact) mass is 326 g/mol. The molecule has 0 atom stereocenters. The first-order valence-corrected chi connectivity index (χ1v) is 6.11. The van der Waals surface area contributed by atoms with Crippen LogP contribution in [-0.2, 0) is 4.79 Å². The van der Waals surface area contributed by atoms with Crippen molar-refractivity contribution >= 4 is 38.9 Å². The Balaban J connectivity index is 2.79. The average Bonchev–Trinajstić information content (AvgIpc) is 2.86. The highest BCUT2D eigenvalue weighted by atomic mass is 79.9. The van der Waals surface area contributed by atoms with Gasteiger partial charge in [0.25, 0.3) is 0 Å². The summed E-state index contributed by atoms with van der Waals surface area (Å²) in [7, 11) is 2.98. The summed E-state index contributed by atoms with van der Waals surface area (Å²) in [5.74, 6) is -0.203. The number of ether oxygens (including phenoxy) is 2. The Labute approximate surface area is 117 Å². The topological polar surface area (TPSA) is 68.9 Å². The predicted octanol–water partition coefficient (Wildman–Crippen LogP) is 3.31. The Hall–Kier alpha value is -1.95. The van der Waals surface area contributed by atoms with Gasteiger partial charge in [-0.25, -0.2) is 4.79 Å². The number of aliphatic carboxylic acids is 1. The number of halogens is 1. The number of methoxy groups -OCH3 is 2. The van der Waals surface area contributed by atoms with Crippen LogP contribution in [0.2, 0.25) is 0 Å². The summed E-state index contributed by atoms with van der Waals surface area (Å²) in [6, 6.07) is 1.76. The number of furan rings is 1. The highest BCUT2D eigenvalue weighted by Gasteiger charge is 2.20. The van der Waals surface area contributed by atoms with E-state index in [-0.39, 0.29) is 0 Å². The standard InChI is InChI=1S/C13H11BrO5/c1-17-11-7(3-4-9(15)16)10(14)8-5-6-19-12(8)13(11)18-2/h3-6H,1-2H3,(H,15,16). The van der Waals surface area contributed by atoms with Gasteiger partial charge in [0.2, 0.25) is 5.75 Å². The predicted molar refractivity (Wildman–Crippen MR) is 73.7 cm³/mol. The number of fused-ring (bicyclic) bond motifs is 1. The number of benzene rings is 1. The zero-order valence-electron chi connectivity index (χ0n) is 10.3. The lowest BCUT2D eigenvalue weighted by molar-refractivity contribution is -0.131. The Morgan fingerprint density at radius 1 is 1.37 bits per heavy atom. The summed E-state index contributed by atoms with van der Waals surface area (Å²) < 4.78 is 16.6. The van der Waals surface area contributed by atoms with E-state index in [1.807, 2.05) is 0 Å². The molecule has 1 N–H and O–H groups in total. The van der Waals surface area contributed by atoms with E-state index < -0.39 is 5.97 Å². The number of hydrogen-bond donors (Lipinski definition) is 1. The Morgan fingerprint density at radius 3 is 2.63 bits per heavy atom. The van der Waals surface area contributed by atoms with Crippen molar-refractivity contribution in [3.63, 3.8) is 0 Å². The van der Waals surface area contributed by atoms with E-state index in [9.17, 15) is 4.79 Å². The lowest BCUT2D eigenvalue weighted by Crippen LogP contribution is -1.96. The summed E-state index contributed by atoms with van der Waals surface area (Å²) in [6.07, 6.45) is 4.01. The van der Waals surface area contributed by atoms with Crippen molar-refractivity contribution in [2.24, 2.45) is 0 Å². The molecule has 0 fully saturated rings. The molecule has 6 heteroatoms. The first-order valence-electron chi connectivity index (χ1n) is 5.31. The van der Waals surface area contributed by atoms with Gasteiger partial charge in [-0.2, -0.15) is 0 Å². The summed E-state index contributed by atoms with van der Waals surface area (Å²) >= 11 is 3.43. The molecule has 1 heterocycles. The van der Waals surface area contributed by atoms with Gasteiger partial charge >= 0.3 is 5.97 Å². The summed E-state index contributed by atoms with van der Waals surface area (Å²) in [5, 5.41) is 9.52. The molecule has 2 aromatic rings. The highest BCUT2D eigenvalue weighted by Crippen LogP contribution is 2.45. The van der Waals surface area contributed by atoms with E-state index >= 15 is 0 Å². The van der Waals surface area contributed by atoms with Gasteiger partial charge in [0, 0.05) is 21.5 Å². The number of carbonyl (C=O) groups is 1. The van der Waals surface area contributed by atoms with E-state index in [1.54, 1.807) is 6.07 Å². The fraction of sp³-hybridized carbons (Fsp3) is 0.154. The molecule has 0 aliphatic carbocycles. The van der Waals surface area contributed by atoms with Gasteiger partial charge in [-0.1, -0.05) is 0 Å². The zero-order chi connectivity index (χ0) is 14.0. The number of rotatable bonds is 4. The van der Waals surface area contributed by atoms with E-state index in [0.717, 1.165) is 11.5 Å². The van der Waals surface area contributed by atoms with Crippen molar-refractivity contribution in [3.8, 4) is 11.5 Å². The SMILES string of the molecule is COc1c(C=CC(=O)O)c(Br)c2ccoc2c1OC. The van der Waals surface area contributed by atoms with E-state index in [2.05, 4.69) is 15.9 Å². The second-order valence-electron chi connectivity index (χ2n) is 3.63. The van der Waals surface area contributed by atoms with Crippen LogP contribution in [0.4, 0.5) is 0 Å². The third kappa shape index (κ3) is 2.31. The molecule has 5 nitrogen and oxygen atoms in total. The lowest BCUT2D eigenvalue weighted by Gasteiger charge is -2.13. The van der Waals surface area contributed by atoms with Crippen LogP contribution in [0.25, 0.3) is 17.0 Å². The van der Waals surface area contributed by atoms with Crippen LogP contribution < -0.4 is 9.47 Å². The third-order valence-corrected chi connectivity index (χ3v) is 3.45. The van der Waals surface area contributed by atoms with Gasteiger partial charge in [-0.3, -0.25) is 0 Å². The van der Waals surface area contributed by atoms with Gasteiger partial charge in [-0.05, 0) is 28.1 Å². The lowest BCUT2D eigenvalue weighted by atomic mass is 10.1. The van der Waals surface area contributed by atoms with Crippen molar-refractivity contribution in [1.82, 2.24) is 0 Å². The second kappa shape index (κ2) is 5.36. The minimum absolute atomic E-state index is 0.411. The highest BCUT2D eigenvalue weighted by molar-refractivity contribution is 9.10. The fourth-order valence-corrected chi connectivity index (χ4v) is 2.44. The number of carboxylic acids is 1. The summed E-state index contributed by atoms with van der Waals surface area (Å²) in [6.45, 7) is 0. The number of carboxylic acid groups (broad SMARTS) is 1. The first-order chi connectivity index (χ1) is 9.10. The van der Waals surface area contributed by atoms with Gasteiger partial charge in [0.15, 0.2) is 11.3 Å². The Morgan fingerprint density at radius 2 is 2.05 bits per heavy atom. The number of hydrogen-bond acceptors (Lipinski definition) is 4. The minimum Gasteiger partial charge on any atom is -0.492 e. The molecule has 0 bridgehead atoms. The van der Waals surface area contributed by atoms with E-state index in [1.165, 1.54) is 26.6 Å². The molecule has 1 aromatic carbocycles. The molecule has 1 aromatic heterocycles. The van der Waals surface area contributed by atoms with Crippen LogP contribution in [0, 0.1) is 0 Å². The second-order valence-corrected chi connectivity index (χ2v) is 4.42. The minimum atomic E-state index is -1.04. The largest absolute Gasteiger partial charge is 0.492 e. The van der Waals surface area contributed by atoms with Crippen molar-refractivity contribution in [2.45, 2.75) is 0 Å². The summed E-state index contributed by atoms with van der Waals surface area (Å²) in [4.78, 5) is 10.7. The maximum absolute atomic E-state index is 10.7. The molecule has 0 unspecified atom stereocenters.